The molecular formula is C27H28N2O3S. The van der Waals surface area contributed by atoms with E-state index in [1.165, 1.54) is 6.26 Å². The lowest BCUT2D eigenvalue weighted by Crippen LogP contribution is -2.15. The van der Waals surface area contributed by atoms with Gasteiger partial charge in [-0.2, -0.15) is 0 Å². The van der Waals surface area contributed by atoms with Gasteiger partial charge in [-0.3, -0.25) is 9.97 Å². The molecule has 170 valence electrons. The second-order valence-corrected chi connectivity index (χ2v) is 11.2. The summed E-state index contributed by atoms with van der Waals surface area (Å²) in [5.41, 5.74) is 5.02. The molecule has 0 spiro atoms. The van der Waals surface area contributed by atoms with Gasteiger partial charge in [-0.05, 0) is 67.3 Å². The van der Waals surface area contributed by atoms with Crippen molar-refractivity contribution in [1.29, 1.82) is 0 Å². The first-order valence-corrected chi connectivity index (χ1v) is 12.9. The summed E-state index contributed by atoms with van der Waals surface area (Å²) in [6, 6.07) is 17.7. The maximum Gasteiger partial charge on any atom is 0.154 e. The predicted molar refractivity (Wildman–Crippen MR) is 134 cm³/mol. The Morgan fingerprint density at radius 1 is 0.970 bits per heavy atom. The van der Waals surface area contributed by atoms with E-state index in [0.717, 1.165) is 44.3 Å². The van der Waals surface area contributed by atoms with E-state index in [9.17, 15) is 13.5 Å². The standard InChI is InChI=1S/C27H28N2O3S/c1-5-25(33(4,31)32)21-13-20-10-7-11-29-26(20)24(15-21)19-9-6-8-18(12-19)22-14-23(17-28-16-22)27(2,3)30/h6-17,25,30H,5H2,1-4H3. The Labute approximate surface area is 195 Å². The van der Waals surface area contributed by atoms with Crippen molar-refractivity contribution in [2.75, 3.05) is 6.26 Å². The third-order valence-electron chi connectivity index (χ3n) is 5.94. The van der Waals surface area contributed by atoms with E-state index in [4.69, 9.17) is 0 Å². The van der Waals surface area contributed by atoms with Gasteiger partial charge in [0.1, 0.15) is 0 Å². The zero-order chi connectivity index (χ0) is 23.8. The minimum Gasteiger partial charge on any atom is -0.386 e. The van der Waals surface area contributed by atoms with E-state index in [1.54, 1.807) is 32.4 Å². The molecule has 0 aliphatic carbocycles. The van der Waals surface area contributed by atoms with Crippen molar-refractivity contribution in [1.82, 2.24) is 9.97 Å². The molecule has 1 N–H and O–H groups in total. The van der Waals surface area contributed by atoms with Crippen LogP contribution < -0.4 is 0 Å². The van der Waals surface area contributed by atoms with Crippen LogP contribution in [0.15, 0.2) is 73.2 Å². The van der Waals surface area contributed by atoms with Crippen LogP contribution in [0.1, 0.15) is 43.6 Å². The largest absolute Gasteiger partial charge is 0.386 e. The van der Waals surface area contributed by atoms with Gasteiger partial charge in [0.2, 0.25) is 0 Å². The van der Waals surface area contributed by atoms with Crippen LogP contribution in [0.2, 0.25) is 0 Å². The Hall–Kier alpha value is -3.09. The highest BCUT2D eigenvalue weighted by Gasteiger charge is 2.23. The molecule has 1 unspecified atom stereocenters. The normalized spacial score (nSPS) is 13.2. The summed E-state index contributed by atoms with van der Waals surface area (Å²) in [6.07, 6.45) is 6.99. The van der Waals surface area contributed by atoms with E-state index in [2.05, 4.69) is 16.0 Å². The third kappa shape index (κ3) is 4.82. The lowest BCUT2D eigenvalue weighted by molar-refractivity contribution is 0.0783. The fraction of sp³-hybridized carbons (Fsp3) is 0.259. The van der Waals surface area contributed by atoms with E-state index < -0.39 is 20.7 Å². The quantitative estimate of drug-likeness (QED) is 0.400. The molecule has 1 atom stereocenters. The maximum absolute atomic E-state index is 12.5. The van der Waals surface area contributed by atoms with Crippen molar-refractivity contribution in [2.24, 2.45) is 0 Å². The van der Waals surface area contributed by atoms with Gasteiger partial charge in [0, 0.05) is 46.9 Å². The molecule has 2 aromatic heterocycles. The van der Waals surface area contributed by atoms with Gasteiger partial charge in [0.25, 0.3) is 0 Å². The number of fused-ring (bicyclic) bond motifs is 1. The zero-order valence-corrected chi connectivity index (χ0v) is 20.1. The number of nitrogens with zero attached hydrogens (tertiary/aromatic N) is 2. The van der Waals surface area contributed by atoms with Crippen molar-refractivity contribution < 1.29 is 13.5 Å². The fourth-order valence-corrected chi connectivity index (χ4v) is 5.44. The van der Waals surface area contributed by atoms with Crippen LogP contribution in [-0.4, -0.2) is 29.7 Å². The Balaban J connectivity index is 1.90. The highest BCUT2D eigenvalue weighted by molar-refractivity contribution is 7.90. The number of aliphatic hydroxyl groups is 1. The molecular weight excluding hydrogens is 432 g/mol. The fourth-order valence-electron chi connectivity index (χ4n) is 4.21. The first-order valence-electron chi connectivity index (χ1n) is 10.9. The minimum atomic E-state index is -3.26. The molecule has 4 aromatic rings. The van der Waals surface area contributed by atoms with Gasteiger partial charge < -0.3 is 5.11 Å². The van der Waals surface area contributed by atoms with Gasteiger partial charge in [0.05, 0.1) is 16.4 Å². The van der Waals surface area contributed by atoms with Gasteiger partial charge in [-0.1, -0.05) is 31.2 Å². The third-order valence-corrected chi connectivity index (χ3v) is 7.58. The number of sulfone groups is 1. The van der Waals surface area contributed by atoms with Crippen molar-refractivity contribution >= 4 is 20.7 Å². The van der Waals surface area contributed by atoms with Crippen LogP contribution >= 0.6 is 0 Å². The summed E-state index contributed by atoms with van der Waals surface area (Å²) >= 11 is 0. The molecule has 6 heteroatoms. The van der Waals surface area contributed by atoms with Gasteiger partial charge in [0.15, 0.2) is 9.84 Å². The number of aromatic nitrogens is 2. The van der Waals surface area contributed by atoms with Gasteiger partial charge >= 0.3 is 0 Å². The molecule has 0 saturated heterocycles. The van der Waals surface area contributed by atoms with Crippen molar-refractivity contribution in [2.45, 2.75) is 38.0 Å². The van der Waals surface area contributed by atoms with E-state index >= 15 is 0 Å². The van der Waals surface area contributed by atoms with Crippen LogP contribution in [0.3, 0.4) is 0 Å². The average Bonchev–Trinajstić information content (AvgIpc) is 2.78. The number of hydrogen-bond donors (Lipinski definition) is 1. The van der Waals surface area contributed by atoms with Crippen molar-refractivity contribution in [3.63, 3.8) is 0 Å². The summed E-state index contributed by atoms with van der Waals surface area (Å²) < 4.78 is 24.9. The summed E-state index contributed by atoms with van der Waals surface area (Å²) in [7, 11) is -3.26. The molecule has 0 fully saturated rings. The highest BCUT2D eigenvalue weighted by Crippen LogP contribution is 2.36. The number of benzene rings is 2. The Morgan fingerprint density at radius 3 is 2.42 bits per heavy atom. The summed E-state index contributed by atoms with van der Waals surface area (Å²) in [6.45, 7) is 5.36. The lowest BCUT2D eigenvalue weighted by atomic mass is 9.93. The number of pyridine rings is 2. The minimum absolute atomic E-state index is 0.499. The average molecular weight is 461 g/mol. The van der Waals surface area contributed by atoms with Gasteiger partial charge in [-0.25, -0.2) is 8.42 Å². The van der Waals surface area contributed by atoms with Crippen LogP contribution in [0.5, 0.6) is 0 Å². The molecule has 4 rings (SSSR count). The zero-order valence-electron chi connectivity index (χ0n) is 19.3. The van der Waals surface area contributed by atoms with Gasteiger partial charge in [-0.15, -0.1) is 0 Å². The molecule has 0 radical (unpaired) electrons. The Morgan fingerprint density at radius 2 is 1.73 bits per heavy atom. The molecule has 0 amide bonds. The summed E-state index contributed by atoms with van der Waals surface area (Å²) in [5, 5.41) is 10.7. The molecule has 2 aromatic carbocycles. The molecule has 0 aliphatic rings. The van der Waals surface area contributed by atoms with Crippen LogP contribution in [-0.2, 0) is 15.4 Å². The van der Waals surface area contributed by atoms with E-state index in [-0.39, 0.29) is 0 Å². The summed E-state index contributed by atoms with van der Waals surface area (Å²) in [4.78, 5) is 8.92. The molecule has 0 aliphatic heterocycles. The number of hydrogen-bond acceptors (Lipinski definition) is 5. The van der Waals surface area contributed by atoms with Crippen molar-refractivity contribution in [3.8, 4) is 22.3 Å². The van der Waals surface area contributed by atoms with E-state index in [0.29, 0.717) is 6.42 Å². The van der Waals surface area contributed by atoms with Crippen LogP contribution in [0.4, 0.5) is 0 Å². The lowest BCUT2D eigenvalue weighted by Gasteiger charge is -2.18. The van der Waals surface area contributed by atoms with Crippen LogP contribution in [0.25, 0.3) is 33.2 Å². The molecule has 2 heterocycles. The highest BCUT2D eigenvalue weighted by atomic mass is 32.2. The molecule has 33 heavy (non-hydrogen) atoms. The van der Waals surface area contributed by atoms with Crippen LogP contribution in [0, 0.1) is 0 Å². The number of rotatable bonds is 6. The van der Waals surface area contributed by atoms with E-state index in [1.807, 2.05) is 55.5 Å². The topological polar surface area (TPSA) is 80.2 Å². The predicted octanol–water partition coefficient (Wildman–Crippen LogP) is 5.69. The maximum atomic E-state index is 12.5. The summed E-state index contributed by atoms with van der Waals surface area (Å²) in [5.74, 6) is 0. The monoisotopic (exact) mass is 460 g/mol. The SMILES string of the molecule is CCC(c1cc(-c2cccc(-c3cncc(C(C)(C)O)c3)c2)c2ncccc2c1)S(C)(=O)=O. The molecule has 0 bridgehead atoms. The Bertz CT molecular complexity index is 1420. The second-order valence-electron chi connectivity index (χ2n) is 8.97. The molecule has 0 saturated carbocycles. The first kappa shape index (κ1) is 23.1. The second kappa shape index (κ2) is 8.69. The molecule has 5 nitrogen and oxygen atoms in total. The smallest absolute Gasteiger partial charge is 0.154 e. The first-order chi connectivity index (χ1) is 15.6. The van der Waals surface area contributed by atoms with Crippen molar-refractivity contribution in [3.05, 3.63) is 84.3 Å². The Kier molecular flexibility index (Phi) is 6.08.